The van der Waals surface area contributed by atoms with Crippen molar-refractivity contribution < 1.29 is 33.0 Å². The van der Waals surface area contributed by atoms with Crippen molar-refractivity contribution in [3.05, 3.63) is 30.1 Å². The number of carboxylic acid groups (broad SMARTS) is 1. The summed E-state index contributed by atoms with van der Waals surface area (Å²) >= 11 is 0. The first-order chi connectivity index (χ1) is 15.3. The smallest absolute Gasteiger partial charge is 0.409 e. The van der Waals surface area contributed by atoms with E-state index >= 15 is 0 Å². The van der Waals surface area contributed by atoms with E-state index in [1.165, 1.54) is 36.0 Å². The van der Waals surface area contributed by atoms with Crippen molar-refractivity contribution in [3.63, 3.8) is 0 Å². The molecule has 0 radical (unpaired) electrons. The largest absolute Gasteiger partial charge is 0.484 e. The Balaban J connectivity index is 2.05. The van der Waals surface area contributed by atoms with Crippen molar-refractivity contribution in [3.8, 4) is 5.75 Å². The van der Waals surface area contributed by atoms with Gasteiger partial charge in [0.15, 0.2) is 0 Å². The number of aliphatic hydroxyl groups is 1. The number of benzene rings is 1. The minimum Gasteiger partial charge on any atom is -0.484 e. The summed E-state index contributed by atoms with van der Waals surface area (Å²) in [4.78, 5) is 22.3. The van der Waals surface area contributed by atoms with Gasteiger partial charge in [0, 0.05) is 12.6 Å². The molecule has 1 atom stereocenters. The van der Waals surface area contributed by atoms with Gasteiger partial charge >= 0.3 is 6.09 Å². The highest BCUT2D eigenvalue weighted by Crippen LogP contribution is 2.39. The topological polar surface area (TPSA) is 163 Å². The number of fused-ring (bicyclic) bond motifs is 1. The van der Waals surface area contributed by atoms with Gasteiger partial charge in [-0.1, -0.05) is 0 Å². The van der Waals surface area contributed by atoms with Gasteiger partial charge in [-0.15, -0.1) is 0 Å². The van der Waals surface area contributed by atoms with Crippen molar-refractivity contribution in [2.45, 2.75) is 50.8 Å². The summed E-state index contributed by atoms with van der Waals surface area (Å²) in [6.45, 7) is 6.15. The predicted octanol–water partition coefficient (Wildman–Crippen LogP) is 1.14. The molecule has 0 bridgehead atoms. The summed E-state index contributed by atoms with van der Waals surface area (Å²) in [5.74, 6) is -0.0683. The maximum absolute atomic E-state index is 13.7. The second kappa shape index (κ2) is 8.90. The van der Waals surface area contributed by atoms with Crippen LogP contribution in [0, 0.1) is 6.92 Å². The van der Waals surface area contributed by atoms with Gasteiger partial charge in [0.05, 0.1) is 42.8 Å². The number of amides is 2. The van der Waals surface area contributed by atoms with Gasteiger partial charge in [-0.25, -0.2) is 13.2 Å². The quantitative estimate of drug-likeness (QED) is 0.457. The molecule has 1 aromatic heterocycles. The number of carbonyl (C=O) groups excluding carboxylic acids is 1. The van der Waals surface area contributed by atoms with Crippen molar-refractivity contribution in [2.24, 2.45) is 0 Å². The van der Waals surface area contributed by atoms with Crippen LogP contribution in [0.5, 0.6) is 5.75 Å². The molecule has 1 unspecified atom stereocenters. The Kier molecular flexibility index (Phi) is 6.56. The highest BCUT2D eigenvalue weighted by atomic mass is 32.2. The van der Waals surface area contributed by atoms with E-state index in [1.54, 1.807) is 20.8 Å². The van der Waals surface area contributed by atoms with Crippen molar-refractivity contribution >= 4 is 33.4 Å². The number of nitrogens with zero attached hydrogens (tertiary/aromatic N) is 3. The molecular weight excluding hydrogens is 454 g/mol. The average Bonchev–Trinajstić information content (AvgIpc) is 3.04. The van der Waals surface area contributed by atoms with Crippen LogP contribution in [-0.2, 0) is 21.4 Å². The van der Waals surface area contributed by atoms with Crippen LogP contribution in [0.4, 0.5) is 16.2 Å². The first-order valence-electron chi connectivity index (χ1n) is 10.1. The highest BCUT2D eigenvalue weighted by molar-refractivity contribution is 7.92. The van der Waals surface area contributed by atoms with E-state index in [1.807, 2.05) is 0 Å². The fraction of sp³-hybridized carbons (Fsp3) is 0.450. The number of anilines is 2. The SMILES string of the molecule is CC(=O)NCC1CN(S(=O)(=O)c2cnn(CC(C)(C)O)c2C)c2cc(NC(=O)O)ccc2O1. The van der Waals surface area contributed by atoms with E-state index in [0.717, 1.165) is 4.31 Å². The summed E-state index contributed by atoms with van der Waals surface area (Å²) in [5, 5.41) is 28.1. The van der Waals surface area contributed by atoms with E-state index in [4.69, 9.17) is 9.84 Å². The van der Waals surface area contributed by atoms with Gasteiger partial charge in [-0.2, -0.15) is 5.10 Å². The molecule has 2 amide bonds. The van der Waals surface area contributed by atoms with Crippen LogP contribution in [0.3, 0.4) is 0 Å². The van der Waals surface area contributed by atoms with Gasteiger partial charge in [-0.05, 0) is 39.0 Å². The summed E-state index contributed by atoms with van der Waals surface area (Å²) in [6.07, 6.45) is -0.761. The Labute approximate surface area is 191 Å². The molecule has 2 aromatic rings. The van der Waals surface area contributed by atoms with Crippen LogP contribution < -0.4 is 19.7 Å². The molecule has 13 heteroatoms. The predicted molar refractivity (Wildman–Crippen MR) is 119 cm³/mol. The summed E-state index contributed by atoms with van der Waals surface area (Å²) < 4.78 is 35.8. The third-order valence-corrected chi connectivity index (χ3v) is 6.77. The van der Waals surface area contributed by atoms with Crippen LogP contribution in [-0.4, -0.2) is 65.2 Å². The van der Waals surface area contributed by atoms with Gasteiger partial charge in [0.1, 0.15) is 16.7 Å². The van der Waals surface area contributed by atoms with E-state index in [-0.39, 0.29) is 47.6 Å². The fourth-order valence-electron chi connectivity index (χ4n) is 3.43. The van der Waals surface area contributed by atoms with Gasteiger partial charge < -0.3 is 20.3 Å². The number of aromatic nitrogens is 2. The minimum atomic E-state index is -4.16. The molecule has 1 aromatic carbocycles. The lowest BCUT2D eigenvalue weighted by Gasteiger charge is -2.35. The molecule has 3 rings (SSSR count). The van der Waals surface area contributed by atoms with Crippen molar-refractivity contribution in [2.75, 3.05) is 22.7 Å². The van der Waals surface area contributed by atoms with Gasteiger partial charge in [0.25, 0.3) is 10.0 Å². The average molecular weight is 482 g/mol. The van der Waals surface area contributed by atoms with E-state index in [9.17, 15) is 23.1 Å². The van der Waals surface area contributed by atoms with Crippen LogP contribution in [0.25, 0.3) is 0 Å². The molecule has 0 spiro atoms. The zero-order chi connectivity index (χ0) is 24.6. The van der Waals surface area contributed by atoms with Crippen LogP contribution >= 0.6 is 0 Å². The molecular formula is C20H27N5O7S. The Bertz CT molecular complexity index is 1170. The van der Waals surface area contributed by atoms with E-state index in [2.05, 4.69) is 15.7 Å². The molecule has 12 nitrogen and oxygen atoms in total. The first kappa shape index (κ1) is 24.3. The maximum atomic E-state index is 13.7. The molecule has 1 aliphatic heterocycles. The molecule has 0 fully saturated rings. The van der Waals surface area contributed by atoms with Crippen molar-refractivity contribution in [1.82, 2.24) is 15.1 Å². The highest BCUT2D eigenvalue weighted by Gasteiger charge is 2.37. The lowest BCUT2D eigenvalue weighted by molar-refractivity contribution is -0.119. The Morgan fingerprint density at radius 3 is 2.64 bits per heavy atom. The standard InChI is InChI=1S/C20H27N5O7S/c1-12-18(9-22-24(12)11-20(3,4)29)33(30,31)25-10-15(8-21-13(2)26)32-17-6-5-14(7-16(17)25)23-19(27)28/h5-7,9,15,23,29H,8,10-11H2,1-4H3,(H,21,26)(H,27,28). The minimum absolute atomic E-state index is 0.0607. The van der Waals surface area contributed by atoms with Crippen LogP contribution in [0.15, 0.2) is 29.3 Å². The number of ether oxygens (including phenoxy) is 1. The third-order valence-electron chi connectivity index (χ3n) is 4.88. The van der Waals surface area contributed by atoms with Crippen LogP contribution in [0.2, 0.25) is 0 Å². The lowest BCUT2D eigenvalue weighted by atomic mass is 10.1. The second-order valence-corrected chi connectivity index (χ2v) is 10.2. The zero-order valence-corrected chi connectivity index (χ0v) is 19.5. The van der Waals surface area contributed by atoms with Crippen LogP contribution in [0.1, 0.15) is 26.5 Å². The molecule has 2 heterocycles. The van der Waals surface area contributed by atoms with Gasteiger partial charge in [0.2, 0.25) is 5.91 Å². The Morgan fingerprint density at radius 2 is 2.03 bits per heavy atom. The number of rotatable bonds is 7. The molecule has 180 valence electrons. The normalized spacial score (nSPS) is 16.0. The fourth-order valence-corrected chi connectivity index (χ4v) is 5.09. The molecule has 0 saturated carbocycles. The third kappa shape index (κ3) is 5.54. The molecule has 33 heavy (non-hydrogen) atoms. The monoisotopic (exact) mass is 481 g/mol. The number of nitrogens with one attached hydrogen (secondary N) is 2. The Morgan fingerprint density at radius 1 is 1.33 bits per heavy atom. The Hall–Kier alpha value is -3.32. The van der Waals surface area contributed by atoms with E-state index in [0.29, 0.717) is 5.69 Å². The first-order valence-corrected chi connectivity index (χ1v) is 11.5. The number of hydrogen-bond donors (Lipinski definition) is 4. The number of carbonyl (C=O) groups is 2. The maximum Gasteiger partial charge on any atom is 0.409 e. The second-order valence-electron chi connectivity index (χ2n) is 8.39. The molecule has 0 aliphatic carbocycles. The molecule has 4 N–H and O–H groups in total. The summed E-state index contributed by atoms with van der Waals surface area (Å²) in [6, 6.07) is 4.28. The van der Waals surface area contributed by atoms with Gasteiger partial charge in [-0.3, -0.25) is 19.1 Å². The lowest BCUT2D eigenvalue weighted by Crippen LogP contribution is -2.48. The van der Waals surface area contributed by atoms with E-state index < -0.39 is 27.8 Å². The molecule has 1 aliphatic rings. The number of sulfonamides is 1. The summed E-state index contributed by atoms with van der Waals surface area (Å²) in [7, 11) is -4.16. The van der Waals surface area contributed by atoms with Crippen molar-refractivity contribution in [1.29, 1.82) is 0 Å². The summed E-state index contributed by atoms with van der Waals surface area (Å²) in [5.41, 5.74) is -0.456. The number of hydrogen-bond acceptors (Lipinski definition) is 7. The zero-order valence-electron chi connectivity index (χ0n) is 18.7. The molecule has 0 saturated heterocycles.